The van der Waals surface area contributed by atoms with Crippen molar-refractivity contribution in [3.8, 4) is 0 Å². The number of carbonyl (C=O) groups is 1. The van der Waals surface area contributed by atoms with Gasteiger partial charge in [0.15, 0.2) is 0 Å². The highest BCUT2D eigenvalue weighted by atomic mass is 16.6. The lowest BCUT2D eigenvalue weighted by molar-refractivity contribution is -0.384. The van der Waals surface area contributed by atoms with E-state index in [9.17, 15) is 14.9 Å². The van der Waals surface area contributed by atoms with Gasteiger partial charge in [0.1, 0.15) is 0 Å². The normalized spacial score (nSPS) is 18.6. The third-order valence-corrected chi connectivity index (χ3v) is 3.49. The number of hydrogen-bond donors (Lipinski definition) is 1. The topological polar surface area (TPSA) is 83.7 Å². The molecule has 1 heterocycles. The van der Waals surface area contributed by atoms with E-state index in [2.05, 4.69) is 0 Å². The monoisotopic (exact) mass is 264 g/mol. The van der Waals surface area contributed by atoms with Crippen LogP contribution in [0.4, 0.5) is 11.4 Å². The van der Waals surface area contributed by atoms with Crippen LogP contribution in [0.25, 0.3) is 0 Å². The van der Waals surface area contributed by atoms with Crippen LogP contribution >= 0.6 is 0 Å². The second-order valence-electron chi connectivity index (χ2n) is 4.93. The molecule has 0 bridgehead atoms. The zero-order valence-corrected chi connectivity index (χ0v) is 10.7. The first kappa shape index (κ1) is 13.3. The van der Waals surface area contributed by atoms with Gasteiger partial charge in [0.25, 0.3) is 5.69 Å². The number of aryl methyl sites for hydroxylation is 1. The van der Waals surface area contributed by atoms with Gasteiger partial charge in [0, 0.05) is 37.3 Å². The Hall–Kier alpha value is -2.11. The molecule has 0 aromatic heterocycles. The largest absolute Gasteiger partial charge is 0.481 e. The third kappa shape index (κ3) is 3.01. The molecule has 1 aromatic carbocycles. The Labute approximate surface area is 110 Å². The summed E-state index contributed by atoms with van der Waals surface area (Å²) in [5.41, 5.74) is 1.88. The van der Waals surface area contributed by atoms with E-state index in [1.165, 1.54) is 6.07 Å². The Balaban J connectivity index is 2.16. The van der Waals surface area contributed by atoms with Gasteiger partial charge < -0.3 is 10.0 Å². The number of nitro groups is 1. The van der Waals surface area contributed by atoms with Crippen molar-refractivity contribution >= 4 is 17.3 Å². The SMILES string of the molecule is Cc1ccc([N+](=O)[O-])cc1N1CCC(CC(=O)O)C1. The quantitative estimate of drug-likeness (QED) is 0.665. The van der Waals surface area contributed by atoms with Gasteiger partial charge in [0.05, 0.1) is 4.92 Å². The molecule has 1 fully saturated rings. The Bertz CT molecular complexity index is 515. The number of carboxylic acids is 1. The maximum absolute atomic E-state index is 10.8. The zero-order chi connectivity index (χ0) is 14.0. The fourth-order valence-corrected chi connectivity index (χ4v) is 2.52. The van der Waals surface area contributed by atoms with Gasteiger partial charge in [0.2, 0.25) is 0 Å². The first-order chi connectivity index (χ1) is 8.97. The molecule has 0 amide bonds. The van der Waals surface area contributed by atoms with Crippen molar-refractivity contribution in [3.63, 3.8) is 0 Å². The van der Waals surface area contributed by atoms with Crippen molar-refractivity contribution < 1.29 is 14.8 Å². The van der Waals surface area contributed by atoms with E-state index >= 15 is 0 Å². The maximum atomic E-state index is 10.8. The molecule has 1 aliphatic heterocycles. The van der Waals surface area contributed by atoms with Crippen LogP contribution in [0.1, 0.15) is 18.4 Å². The highest BCUT2D eigenvalue weighted by Crippen LogP contribution is 2.31. The number of benzene rings is 1. The lowest BCUT2D eigenvalue weighted by Gasteiger charge is -2.20. The minimum absolute atomic E-state index is 0.0716. The maximum Gasteiger partial charge on any atom is 0.303 e. The average Bonchev–Trinajstić information content (AvgIpc) is 2.76. The molecule has 0 saturated carbocycles. The highest BCUT2D eigenvalue weighted by Gasteiger charge is 2.26. The first-order valence-corrected chi connectivity index (χ1v) is 6.19. The van der Waals surface area contributed by atoms with E-state index in [0.717, 1.165) is 24.2 Å². The second-order valence-corrected chi connectivity index (χ2v) is 4.93. The predicted octanol–water partition coefficient (Wildman–Crippen LogP) is 2.20. The molecular formula is C13H16N2O4. The molecule has 2 rings (SSSR count). The number of rotatable bonds is 4. The molecule has 6 heteroatoms. The molecule has 6 nitrogen and oxygen atoms in total. The molecule has 0 spiro atoms. The van der Waals surface area contributed by atoms with Crippen LogP contribution in [0.5, 0.6) is 0 Å². The van der Waals surface area contributed by atoms with Crippen LogP contribution in [0.3, 0.4) is 0 Å². The van der Waals surface area contributed by atoms with Crippen molar-refractivity contribution in [2.24, 2.45) is 5.92 Å². The van der Waals surface area contributed by atoms with Crippen molar-refractivity contribution in [3.05, 3.63) is 33.9 Å². The van der Waals surface area contributed by atoms with Crippen molar-refractivity contribution in [2.75, 3.05) is 18.0 Å². The van der Waals surface area contributed by atoms with Crippen molar-refractivity contribution in [2.45, 2.75) is 19.8 Å². The Kier molecular flexibility index (Phi) is 3.69. The van der Waals surface area contributed by atoms with Crippen molar-refractivity contribution in [1.29, 1.82) is 0 Å². The van der Waals surface area contributed by atoms with Crippen LogP contribution < -0.4 is 4.90 Å². The van der Waals surface area contributed by atoms with Crippen LogP contribution in [0, 0.1) is 23.0 Å². The smallest absolute Gasteiger partial charge is 0.303 e. The van der Waals surface area contributed by atoms with E-state index < -0.39 is 10.9 Å². The van der Waals surface area contributed by atoms with Crippen LogP contribution in [-0.4, -0.2) is 29.1 Å². The molecule has 1 atom stereocenters. The number of non-ortho nitro benzene ring substituents is 1. The summed E-state index contributed by atoms with van der Waals surface area (Å²) in [4.78, 5) is 23.1. The number of nitrogens with zero attached hydrogens (tertiary/aromatic N) is 2. The lowest BCUT2D eigenvalue weighted by atomic mass is 10.1. The van der Waals surface area contributed by atoms with Gasteiger partial charge in [-0.05, 0) is 24.8 Å². The van der Waals surface area contributed by atoms with Crippen LogP contribution in [0.15, 0.2) is 18.2 Å². The molecule has 1 aromatic rings. The molecule has 19 heavy (non-hydrogen) atoms. The van der Waals surface area contributed by atoms with Gasteiger partial charge in [-0.3, -0.25) is 14.9 Å². The van der Waals surface area contributed by atoms with Crippen LogP contribution in [0.2, 0.25) is 0 Å². The summed E-state index contributed by atoms with van der Waals surface area (Å²) in [6.45, 7) is 3.30. The summed E-state index contributed by atoms with van der Waals surface area (Å²) >= 11 is 0. The summed E-state index contributed by atoms with van der Waals surface area (Å²) in [7, 11) is 0. The summed E-state index contributed by atoms with van der Waals surface area (Å²) in [6, 6.07) is 4.79. The first-order valence-electron chi connectivity index (χ1n) is 6.19. The molecule has 0 radical (unpaired) electrons. The molecule has 102 valence electrons. The lowest BCUT2D eigenvalue weighted by Crippen LogP contribution is -2.21. The molecular weight excluding hydrogens is 248 g/mol. The van der Waals surface area contributed by atoms with E-state index in [1.54, 1.807) is 12.1 Å². The fourth-order valence-electron chi connectivity index (χ4n) is 2.52. The summed E-state index contributed by atoms with van der Waals surface area (Å²) in [6.07, 6.45) is 0.971. The highest BCUT2D eigenvalue weighted by molar-refractivity contribution is 5.67. The van der Waals surface area contributed by atoms with Gasteiger partial charge in [-0.2, -0.15) is 0 Å². The van der Waals surface area contributed by atoms with E-state index in [4.69, 9.17) is 5.11 Å². The number of nitro benzene ring substituents is 1. The third-order valence-electron chi connectivity index (χ3n) is 3.49. The minimum Gasteiger partial charge on any atom is -0.481 e. The standard InChI is InChI=1S/C13H16N2O4/c1-9-2-3-11(15(18)19)7-12(9)14-5-4-10(8-14)6-13(16)17/h2-3,7,10H,4-6,8H2,1H3,(H,16,17). The summed E-state index contributed by atoms with van der Waals surface area (Å²) in [5.74, 6) is -0.668. The molecule has 0 aliphatic carbocycles. The number of carboxylic acid groups (broad SMARTS) is 1. The van der Waals surface area contributed by atoms with E-state index in [0.29, 0.717) is 6.54 Å². The Morgan fingerprint density at radius 1 is 1.58 bits per heavy atom. The van der Waals surface area contributed by atoms with Gasteiger partial charge in [-0.15, -0.1) is 0 Å². The van der Waals surface area contributed by atoms with E-state index in [1.807, 2.05) is 11.8 Å². The van der Waals surface area contributed by atoms with Gasteiger partial charge in [-0.25, -0.2) is 0 Å². The van der Waals surface area contributed by atoms with Gasteiger partial charge in [-0.1, -0.05) is 6.07 Å². The fraction of sp³-hybridized carbons (Fsp3) is 0.462. The average molecular weight is 264 g/mol. The number of hydrogen-bond acceptors (Lipinski definition) is 4. The second kappa shape index (κ2) is 5.26. The number of anilines is 1. The molecule has 1 saturated heterocycles. The molecule has 1 aliphatic rings. The van der Waals surface area contributed by atoms with Crippen LogP contribution in [-0.2, 0) is 4.79 Å². The van der Waals surface area contributed by atoms with Crippen molar-refractivity contribution in [1.82, 2.24) is 0 Å². The predicted molar refractivity (Wildman–Crippen MR) is 70.4 cm³/mol. The summed E-state index contributed by atoms with van der Waals surface area (Å²) < 4.78 is 0. The zero-order valence-electron chi connectivity index (χ0n) is 10.7. The molecule has 1 N–H and O–H groups in total. The minimum atomic E-state index is -0.789. The number of aliphatic carboxylic acids is 1. The van der Waals surface area contributed by atoms with Gasteiger partial charge >= 0.3 is 5.97 Å². The Morgan fingerprint density at radius 2 is 2.32 bits per heavy atom. The van der Waals surface area contributed by atoms with E-state index in [-0.39, 0.29) is 18.0 Å². The Morgan fingerprint density at radius 3 is 2.95 bits per heavy atom. The molecule has 1 unspecified atom stereocenters. The summed E-state index contributed by atoms with van der Waals surface area (Å²) in [5, 5.41) is 19.6.